The molecule has 2 rings (SSSR count). The lowest BCUT2D eigenvalue weighted by Gasteiger charge is -2.08. The van der Waals surface area contributed by atoms with Gasteiger partial charge in [0, 0.05) is 18.7 Å². The zero-order valence-electron chi connectivity index (χ0n) is 12.9. The average molecular weight is 315 g/mol. The van der Waals surface area contributed by atoms with Gasteiger partial charge in [-0.2, -0.15) is 0 Å². The van der Waals surface area contributed by atoms with Crippen molar-refractivity contribution in [3.8, 4) is 11.5 Å². The zero-order chi connectivity index (χ0) is 16.8. The summed E-state index contributed by atoms with van der Waals surface area (Å²) >= 11 is 0. The Kier molecular flexibility index (Phi) is 5.43. The van der Waals surface area contributed by atoms with Crippen molar-refractivity contribution >= 4 is 11.5 Å². The average Bonchev–Trinajstić information content (AvgIpc) is 2.54. The molecule has 0 unspecified atom stereocenters. The molecule has 0 N–H and O–H groups in total. The fourth-order valence-electron chi connectivity index (χ4n) is 2.04. The first-order valence-electron chi connectivity index (χ1n) is 7.06. The molecule has 120 valence electrons. The molecule has 0 amide bonds. The van der Waals surface area contributed by atoms with Gasteiger partial charge in [0.05, 0.1) is 11.5 Å². The maximum absolute atomic E-state index is 11.3. The highest BCUT2D eigenvalue weighted by Crippen LogP contribution is 2.32. The van der Waals surface area contributed by atoms with Crippen molar-refractivity contribution in [1.29, 1.82) is 0 Å². The molecular formula is C17H17NO5. The topological polar surface area (TPSA) is 78.7 Å². The third kappa shape index (κ3) is 4.37. The van der Waals surface area contributed by atoms with Crippen LogP contribution in [0.1, 0.15) is 22.8 Å². The van der Waals surface area contributed by atoms with E-state index in [1.807, 2.05) is 12.1 Å². The van der Waals surface area contributed by atoms with E-state index in [0.717, 1.165) is 12.0 Å². The fraction of sp³-hybridized carbons (Fsp3) is 0.235. The van der Waals surface area contributed by atoms with Crippen molar-refractivity contribution < 1.29 is 19.2 Å². The van der Waals surface area contributed by atoms with Crippen molar-refractivity contribution in [2.45, 2.75) is 13.3 Å². The van der Waals surface area contributed by atoms with Gasteiger partial charge >= 0.3 is 5.69 Å². The molecule has 0 atom stereocenters. The highest BCUT2D eigenvalue weighted by Gasteiger charge is 2.18. The SMILES string of the molecule is COCCc1ccc(Oc2ccc(C(C)=O)cc2[N+](=O)[O-])cc1. The molecule has 0 aliphatic rings. The lowest BCUT2D eigenvalue weighted by Crippen LogP contribution is -1.98. The first-order valence-corrected chi connectivity index (χ1v) is 7.06. The number of benzene rings is 2. The molecule has 0 aliphatic carbocycles. The van der Waals surface area contributed by atoms with Crippen LogP contribution >= 0.6 is 0 Å². The smallest absolute Gasteiger partial charge is 0.312 e. The van der Waals surface area contributed by atoms with Gasteiger partial charge in [0.1, 0.15) is 5.75 Å². The van der Waals surface area contributed by atoms with Crippen LogP contribution in [0.25, 0.3) is 0 Å². The maximum Gasteiger partial charge on any atom is 0.312 e. The summed E-state index contributed by atoms with van der Waals surface area (Å²) in [5.74, 6) is 0.358. The lowest BCUT2D eigenvalue weighted by atomic mass is 10.1. The van der Waals surface area contributed by atoms with Crippen LogP contribution in [0.4, 0.5) is 5.69 Å². The minimum Gasteiger partial charge on any atom is -0.450 e. The molecule has 0 radical (unpaired) electrons. The van der Waals surface area contributed by atoms with Crippen molar-refractivity contribution in [2.24, 2.45) is 0 Å². The van der Waals surface area contributed by atoms with Gasteiger partial charge in [0.25, 0.3) is 0 Å². The summed E-state index contributed by atoms with van der Waals surface area (Å²) in [7, 11) is 1.64. The molecule has 0 bridgehead atoms. The first-order chi connectivity index (χ1) is 11.0. The van der Waals surface area contributed by atoms with E-state index >= 15 is 0 Å². The molecule has 23 heavy (non-hydrogen) atoms. The number of methoxy groups -OCH3 is 1. The van der Waals surface area contributed by atoms with Crippen LogP contribution in [0, 0.1) is 10.1 Å². The number of rotatable bonds is 7. The molecule has 0 aliphatic heterocycles. The third-order valence-electron chi connectivity index (χ3n) is 3.31. The molecule has 0 fully saturated rings. The maximum atomic E-state index is 11.3. The quantitative estimate of drug-likeness (QED) is 0.441. The van der Waals surface area contributed by atoms with Crippen LogP contribution in [0.2, 0.25) is 0 Å². The van der Waals surface area contributed by atoms with Gasteiger partial charge in [0.2, 0.25) is 5.75 Å². The second-order valence-electron chi connectivity index (χ2n) is 4.98. The van der Waals surface area contributed by atoms with Gasteiger partial charge < -0.3 is 9.47 Å². The number of nitrogens with zero attached hydrogens (tertiary/aromatic N) is 1. The molecule has 0 saturated carbocycles. The van der Waals surface area contributed by atoms with Gasteiger partial charge in [-0.1, -0.05) is 12.1 Å². The Morgan fingerprint density at radius 2 is 1.87 bits per heavy atom. The monoisotopic (exact) mass is 315 g/mol. The van der Waals surface area contributed by atoms with E-state index in [4.69, 9.17) is 9.47 Å². The number of carbonyl (C=O) groups excluding carboxylic acids is 1. The summed E-state index contributed by atoms with van der Waals surface area (Å²) in [6, 6.07) is 11.4. The van der Waals surface area contributed by atoms with Gasteiger partial charge in [-0.15, -0.1) is 0 Å². The fourth-order valence-corrected chi connectivity index (χ4v) is 2.04. The standard InChI is InChI=1S/C17H17NO5/c1-12(19)14-5-8-17(16(11-14)18(20)21)23-15-6-3-13(4-7-15)9-10-22-2/h3-8,11H,9-10H2,1-2H3. The molecule has 2 aromatic carbocycles. The van der Waals surface area contributed by atoms with E-state index in [1.165, 1.54) is 25.1 Å². The predicted octanol–water partition coefficient (Wildman–Crippen LogP) is 3.78. The number of Topliss-reactive ketones (excluding diaryl/α,β-unsaturated/α-hetero) is 1. The third-order valence-corrected chi connectivity index (χ3v) is 3.31. The van der Waals surface area contributed by atoms with Gasteiger partial charge in [-0.05, 0) is 43.2 Å². The summed E-state index contributed by atoms with van der Waals surface area (Å²) in [6.45, 7) is 1.98. The second kappa shape index (κ2) is 7.51. The van der Waals surface area contributed by atoms with Crippen LogP contribution in [0.15, 0.2) is 42.5 Å². The Morgan fingerprint density at radius 3 is 2.43 bits per heavy atom. The molecule has 0 heterocycles. The Hall–Kier alpha value is -2.73. The van der Waals surface area contributed by atoms with Crippen molar-refractivity contribution in [2.75, 3.05) is 13.7 Å². The van der Waals surface area contributed by atoms with Gasteiger partial charge in [-0.3, -0.25) is 14.9 Å². The van der Waals surface area contributed by atoms with Gasteiger partial charge in [0.15, 0.2) is 5.78 Å². The summed E-state index contributed by atoms with van der Waals surface area (Å²) in [5, 5.41) is 11.2. The molecule has 0 saturated heterocycles. The summed E-state index contributed by atoms with van der Waals surface area (Å²) in [5.41, 5.74) is 1.13. The normalized spacial score (nSPS) is 10.3. The number of carbonyl (C=O) groups is 1. The molecular weight excluding hydrogens is 298 g/mol. The van der Waals surface area contributed by atoms with Crippen LogP contribution < -0.4 is 4.74 Å². The Morgan fingerprint density at radius 1 is 1.17 bits per heavy atom. The van der Waals surface area contributed by atoms with Crippen LogP contribution in [0.5, 0.6) is 11.5 Å². The highest BCUT2D eigenvalue weighted by atomic mass is 16.6. The number of ketones is 1. The number of nitro benzene ring substituents is 1. The van der Waals surface area contributed by atoms with E-state index in [1.54, 1.807) is 19.2 Å². The van der Waals surface area contributed by atoms with Crippen molar-refractivity contribution in [3.05, 3.63) is 63.7 Å². The van der Waals surface area contributed by atoms with E-state index < -0.39 is 4.92 Å². The highest BCUT2D eigenvalue weighted by molar-refractivity contribution is 5.95. The van der Waals surface area contributed by atoms with E-state index in [9.17, 15) is 14.9 Å². The summed E-state index contributed by atoms with van der Waals surface area (Å²) in [6.07, 6.45) is 0.782. The number of hydrogen-bond acceptors (Lipinski definition) is 5. The van der Waals surface area contributed by atoms with Crippen LogP contribution in [-0.4, -0.2) is 24.4 Å². The number of hydrogen-bond donors (Lipinski definition) is 0. The molecule has 0 spiro atoms. The zero-order valence-corrected chi connectivity index (χ0v) is 12.9. The minimum absolute atomic E-state index is 0.102. The predicted molar refractivity (Wildman–Crippen MR) is 85.2 cm³/mol. The van der Waals surface area contributed by atoms with Crippen molar-refractivity contribution in [3.63, 3.8) is 0 Å². The summed E-state index contributed by atoms with van der Waals surface area (Å²) in [4.78, 5) is 21.9. The Bertz CT molecular complexity index is 709. The second-order valence-corrected chi connectivity index (χ2v) is 4.98. The minimum atomic E-state index is -0.561. The van der Waals surface area contributed by atoms with Crippen LogP contribution in [-0.2, 0) is 11.2 Å². The summed E-state index contributed by atoms with van der Waals surface area (Å²) < 4.78 is 10.6. The van der Waals surface area contributed by atoms with E-state index in [-0.39, 0.29) is 22.8 Å². The van der Waals surface area contributed by atoms with Crippen LogP contribution in [0.3, 0.4) is 0 Å². The largest absolute Gasteiger partial charge is 0.450 e. The number of ether oxygens (including phenoxy) is 2. The van der Waals surface area contributed by atoms with E-state index in [2.05, 4.69) is 0 Å². The van der Waals surface area contributed by atoms with Crippen molar-refractivity contribution in [1.82, 2.24) is 0 Å². The van der Waals surface area contributed by atoms with E-state index in [0.29, 0.717) is 12.4 Å². The molecule has 0 aromatic heterocycles. The number of nitro groups is 1. The lowest BCUT2D eigenvalue weighted by molar-refractivity contribution is -0.385. The van der Waals surface area contributed by atoms with Gasteiger partial charge in [-0.25, -0.2) is 0 Å². The Balaban J connectivity index is 2.22. The molecule has 6 heteroatoms. The molecule has 6 nitrogen and oxygen atoms in total. The first kappa shape index (κ1) is 16.6. The Labute approximate surface area is 133 Å². The molecule has 2 aromatic rings.